The third kappa shape index (κ3) is 4.55. The molecule has 0 saturated carbocycles. The highest BCUT2D eigenvalue weighted by atomic mass is 35.5. The molecule has 0 atom stereocenters. The molecule has 0 unspecified atom stereocenters. The Hall–Kier alpha value is -3.19. The Morgan fingerprint density at radius 1 is 1.07 bits per heavy atom. The van der Waals surface area contributed by atoms with Gasteiger partial charge in [-0.25, -0.2) is 8.78 Å². The average Bonchev–Trinajstić information content (AvgIpc) is 2.70. The first-order chi connectivity index (χ1) is 13.5. The lowest BCUT2D eigenvalue weighted by molar-refractivity contribution is 0.102. The van der Waals surface area contributed by atoms with Crippen LogP contribution >= 0.6 is 11.6 Å². The van der Waals surface area contributed by atoms with Gasteiger partial charge in [-0.15, -0.1) is 0 Å². The number of nitrogens with one attached hydrogen (secondary N) is 1. The number of nitrogens with zero attached hydrogens (tertiary/aromatic N) is 1. The molecule has 3 rings (SSSR count). The number of carbonyl (C=O) groups excluding carboxylic acids is 1. The normalized spacial score (nSPS) is 10.4. The van der Waals surface area contributed by atoms with Gasteiger partial charge in [0.15, 0.2) is 23.1 Å². The van der Waals surface area contributed by atoms with Crippen molar-refractivity contribution in [2.45, 2.75) is 6.61 Å². The lowest BCUT2D eigenvalue weighted by Crippen LogP contribution is -2.13. The number of carbonyl (C=O) groups is 1. The van der Waals surface area contributed by atoms with Crippen LogP contribution in [0.3, 0.4) is 0 Å². The minimum absolute atomic E-state index is 0.185. The molecule has 1 aromatic heterocycles. The predicted octanol–water partition coefficient (Wildman–Crippen LogP) is 4.85. The molecule has 5 nitrogen and oxygen atoms in total. The molecule has 0 bridgehead atoms. The number of anilines is 1. The fraction of sp³-hybridized carbons (Fsp3) is 0.100. The summed E-state index contributed by atoms with van der Waals surface area (Å²) < 4.78 is 37.6. The number of amides is 1. The first-order valence-electron chi connectivity index (χ1n) is 8.13. The highest BCUT2D eigenvalue weighted by Gasteiger charge is 2.16. The van der Waals surface area contributed by atoms with Crippen LogP contribution in [0.15, 0.2) is 54.9 Å². The second-order valence-corrected chi connectivity index (χ2v) is 6.12. The lowest BCUT2D eigenvalue weighted by Gasteiger charge is -2.13. The van der Waals surface area contributed by atoms with Gasteiger partial charge in [0.1, 0.15) is 6.61 Å². The van der Waals surface area contributed by atoms with Crippen molar-refractivity contribution in [2.75, 3.05) is 12.4 Å². The van der Waals surface area contributed by atoms with E-state index in [0.29, 0.717) is 17.2 Å². The molecule has 1 amide bonds. The van der Waals surface area contributed by atoms with Crippen molar-refractivity contribution in [3.8, 4) is 11.5 Å². The van der Waals surface area contributed by atoms with Crippen LogP contribution in [0, 0.1) is 11.6 Å². The van der Waals surface area contributed by atoms with Gasteiger partial charge in [0.25, 0.3) is 5.91 Å². The number of rotatable bonds is 6. The Labute approximate surface area is 164 Å². The summed E-state index contributed by atoms with van der Waals surface area (Å²) in [4.78, 5) is 16.3. The third-order valence-corrected chi connectivity index (χ3v) is 4.13. The topological polar surface area (TPSA) is 60.5 Å². The minimum atomic E-state index is -1.16. The number of benzene rings is 2. The van der Waals surface area contributed by atoms with Crippen LogP contribution in [0.1, 0.15) is 15.9 Å². The van der Waals surface area contributed by atoms with Crippen molar-refractivity contribution >= 4 is 23.2 Å². The Morgan fingerprint density at radius 2 is 1.79 bits per heavy atom. The summed E-state index contributed by atoms with van der Waals surface area (Å²) >= 11 is 5.84. The molecular weight excluding hydrogens is 390 g/mol. The monoisotopic (exact) mass is 404 g/mol. The zero-order chi connectivity index (χ0) is 20.1. The maximum absolute atomic E-state index is 13.4. The second-order valence-electron chi connectivity index (χ2n) is 5.71. The SMILES string of the molecule is COc1ccc(NC(=O)c2cc(F)c(F)cc2Cl)cc1OCc1ccncc1. The van der Waals surface area contributed by atoms with E-state index in [1.54, 1.807) is 30.6 Å². The average molecular weight is 405 g/mol. The molecule has 0 aliphatic rings. The van der Waals surface area contributed by atoms with E-state index in [1.807, 2.05) is 12.1 Å². The first-order valence-corrected chi connectivity index (χ1v) is 8.51. The third-order valence-electron chi connectivity index (χ3n) is 3.82. The zero-order valence-electron chi connectivity index (χ0n) is 14.7. The Kier molecular flexibility index (Phi) is 6.06. The summed E-state index contributed by atoms with van der Waals surface area (Å²) in [6.07, 6.45) is 3.30. The molecule has 144 valence electrons. The summed E-state index contributed by atoms with van der Waals surface area (Å²) in [7, 11) is 1.49. The Balaban J connectivity index is 1.79. The maximum Gasteiger partial charge on any atom is 0.257 e. The van der Waals surface area contributed by atoms with Crippen molar-refractivity contribution < 1.29 is 23.0 Å². The van der Waals surface area contributed by atoms with E-state index in [0.717, 1.165) is 17.7 Å². The van der Waals surface area contributed by atoms with Crippen LogP contribution < -0.4 is 14.8 Å². The second kappa shape index (κ2) is 8.67. The minimum Gasteiger partial charge on any atom is -0.493 e. The molecule has 0 aliphatic carbocycles. The van der Waals surface area contributed by atoms with Crippen LogP contribution in [-0.4, -0.2) is 18.0 Å². The van der Waals surface area contributed by atoms with Crippen LogP contribution in [0.4, 0.5) is 14.5 Å². The highest BCUT2D eigenvalue weighted by Crippen LogP contribution is 2.31. The summed E-state index contributed by atoms with van der Waals surface area (Å²) in [5, 5.41) is 2.38. The molecule has 8 heteroatoms. The molecule has 1 heterocycles. The Bertz CT molecular complexity index is 1000. The molecule has 1 N–H and O–H groups in total. The van der Waals surface area contributed by atoms with Crippen molar-refractivity contribution in [1.29, 1.82) is 0 Å². The largest absolute Gasteiger partial charge is 0.493 e. The van der Waals surface area contributed by atoms with Gasteiger partial charge in [0.2, 0.25) is 0 Å². The summed E-state index contributed by atoms with van der Waals surface area (Å²) in [6, 6.07) is 9.88. The van der Waals surface area contributed by atoms with Gasteiger partial charge in [-0.3, -0.25) is 9.78 Å². The summed E-state index contributed by atoms with van der Waals surface area (Å²) in [5.74, 6) is -2.11. The van der Waals surface area contributed by atoms with Crippen LogP contribution in [0.5, 0.6) is 11.5 Å². The number of pyridine rings is 1. The maximum atomic E-state index is 13.4. The smallest absolute Gasteiger partial charge is 0.257 e. The van der Waals surface area contributed by atoms with Crippen LogP contribution in [0.25, 0.3) is 0 Å². The molecule has 0 radical (unpaired) electrons. The number of ether oxygens (including phenoxy) is 2. The fourth-order valence-electron chi connectivity index (χ4n) is 2.40. The standard InChI is InChI=1S/C20H15ClF2N2O3/c1-27-18-3-2-13(8-19(18)28-11-12-4-6-24-7-5-12)25-20(26)14-9-16(22)17(23)10-15(14)21/h2-10H,11H2,1H3,(H,25,26). The summed E-state index contributed by atoms with van der Waals surface area (Å²) in [6.45, 7) is 0.269. The van der Waals surface area contributed by atoms with Gasteiger partial charge in [-0.1, -0.05) is 11.6 Å². The first kappa shape index (κ1) is 19.6. The zero-order valence-corrected chi connectivity index (χ0v) is 15.5. The van der Waals surface area contributed by atoms with Gasteiger partial charge < -0.3 is 14.8 Å². The molecule has 0 spiro atoms. The molecule has 0 aliphatic heterocycles. The van der Waals surface area contributed by atoms with Gasteiger partial charge >= 0.3 is 0 Å². The summed E-state index contributed by atoms with van der Waals surface area (Å²) in [5.41, 5.74) is 1.09. The molecule has 2 aromatic carbocycles. The van der Waals surface area contributed by atoms with Crippen molar-refractivity contribution in [1.82, 2.24) is 4.98 Å². The van der Waals surface area contributed by atoms with E-state index in [9.17, 15) is 13.6 Å². The van der Waals surface area contributed by atoms with Crippen molar-refractivity contribution in [2.24, 2.45) is 0 Å². The van der Waals surface area contributed by atoms with Gasteiger partial charge in [-0.2, -0.15) is 0 Å². The van der Waals surface area contributed by atoms with E-state index in [2.05, 4.69) is 10.3 Å². The van der Waals surface area contributed by atoms with Gasteiger partial charge in [-0.05, 0) is 42.0 Å². The molecule has 3 aromatic rings. The number of aromatic nitrogens is 1. The quantitative estimate of drug-likeness (QED) is 0.596. The highest BCUT2D eigenvalue weighted by molar-refractivity contribution is 6.34. The number of hydrogen-bond acceptors (Lipinski definition) is 4. The molecule has 0 fully saturated rings. The predicted molar refractivity (Wildman–Crippen MR) is 101 cm³/mol. The fourth-order valence-corrected chi connectivity index (χ4v) is 2.64. The van der Waals surface area contributed by atoms with Crippen molar-refractivity contribution in [3.05, 3.63) is 82.6 Å². The van der Waals surface area contributed by atoms with E-state index in [-0.39, 0.29) is 17.2 Å². The number of halogens is 3. The Morgan fingerprint density at radius 3 is 2.50 bits per heavy atom. The van der Waals surface area contributed by atoms with Crippen molar-refractivity contribution in [3.63, 3.8) is 0 Å². The van der Waals surface area contributed by atoms with Gasteiger partial charge in [0.05, 0.1) is 17.7 Å². The van der Waals surface area contributed by atoms with Crippen LogP contribution in [0.2, 0.25) is 5.02 Å². The number of hydrogen-bond donors (Lipinski definition) is 1. The van der Waals surface area contributed by atoms with Gasteiger partial charge in [0, 0.05) is 24.1 Å². The van der Waals surface area contributed by atoms with E-state index >= 15 is 0 Å². The number of methoxy groups -OCH3 is 1. The van der Waals surface area contributed by atoms with E-state index < -0.39 is 17.5 Å². The molecular formula is C20H15ClF2N2O3. The molecule has 28 heavy (non-hydrogen) atoms. The van der Waals surface area contributed by atoms with E-state index in [1.165, 1.54) is 7.11 Å². The van der Waals surface area contributed by atoms with Crippen LogP contribution in [-0.2, 0) is 6.61 Å². The molecule has 0 saturated heterocycles. The lowest BCUT2D eigenvalue weighted by atomic mass is 10.2. The van der Waals surface area contributed by atoms with E-state index in [4.69, 9.17) is 21.1 Å².